The number of nitrogen functional groups attached to an aromatic ring is 1. The molecule has 0 saturated heterocycles. The van der Waals surface area contributed by atoms with Gasteiger partial charge in [-0.25, -0.2) is 4.98 Å². The van der Waals surface area contributed by atoms with E-state index < -0.39 is 0 Å². The molecule has 0 aliphatic carbocycles. The largest absolute Gasteiger partial charge is 0.396 e. The van der Waals surface area contributed by atoms with E-state index in [1.54, 1.807) is 6.20 Å². The fraction of sp³-hybridized carbons (Fsp3) is 0.500. The van der Waals surface area contributed by atoms with Crippen molar-refractivity contribution in [3.05, 3.63) is 16.7 Å². The van der Waals surface area contributed by atoms with E-state index in [9.17, 15) is 0 Å². The number of nitrogens with zero attached hydrogens (tertiary/aromatic N) is 2. The average molecular weight is 273 g/mol. The lowest BCUT2D eigenvalue weighted by Gasteiger charge is -2.19. The first kappa shape index (κ1) is 12.3. The third-order valence-corrected chi connectivity index (χ3v) is 2.34. The predicted molar refractivity (Wildman–Crippen MR) is 68.0 cm³/mol. The molecule has 3 N–H and O–H groups in total. The number of hydrogen-bond donors (Lipinski definition) is 2. The van der Waals surface area contributed by atoms with E-state index in [4.69, 9.17) is 5.73 Å². The lowest BCUT2D eigenvalue weighted by Crippen LogP contribution is -2.30. The number of likely N-dealkylation sites (N-methyl/N-ethyl adjacent to an activating group) is 1. The molecule has 0 radical (unpaired) electrons. The lowest BCUT2D eigenvalue weighted by atomic mass is 10.3. The third kappa shape index (κ3) is 4.05. The Labute approximate surface area is 99.0 Å². The molecule has 1 aromatic heterocycles. The zero-order valence-corrected chi connectivity index (χ0v) is 10.9. The molecule has 0 aliphatic rings. The first-order chi connectivity index (χ1) is 6.99. The second-order valence-electron chi connectivity index (χ2n) is 3.90. The highest BCUT2D eigenvalue weighted by molar-refractivity contribution is 9.10. The summed E-state index contributed by atoms with van der Waals surface area (Å²) in [5, 5.41) is 3.27. The molecule has 0 amide bonds. The summed E-state index contributed by atoms with van der Waals surface area (Å²) in [7, 11) is 4.08. The van der Waals surface area contributed by atoms with Crippen molar-refractivity contribution in [2.75, 3.05) is 31.7 Å². The molecule has 0 saturated carbocycles. The maximum Gasteiger partial charge on any atom is 0.149 e. The smallest absolute Gasteiger partial charge is 0.149 e. The van der Waals surface area contributed by atoms with Crippen LogP contribution in [0.3, 0.4) is 0 Å². The lowest BCUT2D eigenvalue weighted by molar-refractivity contribution is 0.392. The summed E-state index contributed by atoms with van der Waals surface area (Å²) in [6, 6.07) is 2.16. The van der Waals surface area contributed by atoms with Crippen LogP contribution in [0.25, 0.3) is 0 Å². The summed E-state index contributed by atoms with van der Waals surface area (Å²) in [5.74, 6) is 0.743. The molecular weight excluding hydrogens is 256 g/mol. The Morgan fingerprint density at radius 1 is 1.60 bits per heavy atom. The molecular formula is C10H17BrN4. The van der Waals surface area contributed by atoms with Crippen LogP contribution in [0.5, 0.6) is 0 Å². The Kier molecular flexibility index (Phi) is 4.35. The highest BCUT2D eigenvalue weighted by Gasteiger charge is 2.06. The van der Waals surface area contributed by atoms with Crippen LogP contribution < -0.4 is 11.1 Å². The second kappa shape index (κ2) is 5.32. The van der Waals surface area contributed by atoms with E-state index in [1.807, 2.05) is 20.2 Å². The topological polar surface area (TPSA) is 54.2 Å². The molecule has 0 aromatic carbocycles. The Hall–Kier alpha value is -0.810. The number of nitrogens with one attached hydrogen (secondary N) is 1. The summed E-state index contributed by atoms with van der Waals surface area (Å²) >= 11 is 3.32. The molecule has 4 nitrogen and oxygen atoms in total. The van der Waals surface area contributed by atoms with Gasteiger partial charge in [0.15, 0.2) is 0 Å². The van der Waals surface area contributed by atoms with Gasteiger partial charge in [-0.15, -0.1) is 0 Å². The van der Waals surface area contributed by atoms with Crippen LogP contribution in [0.15, 0.2) is 16.7 Å². The minimum absolute atomic E-state index is 0.316. The summed E-state index contributed by atoms with van der Waals surface area (Å²) in [4.78, 5) is 6.34. The molecule has 0 aliphatic heterocycles. The first-order valence-electron chi connectivity index (χ1n) is 4.81. The fourth-order valence-corrected chi connectivity index (χ4v) is 1.75. The number of nitrogens with two attached hydrogens (primary N) is 1. The normalized spacial score (nSPS) is 12.9. The molecule has 1 unspecified atom stereocenters. The molecule has 15 heavy (non-hydrogen) atoms. The summed E-state index contributed by atoms with van der Waals surface area (Å²) < 4.78 is 0.894. The van der Waals surface area contributed by atoms with Gasteiger partial charge < -0.3 is 16.0 Å². The van der Waals surface area contributed by atoms with Gasteiger partial charge in [0, 0.05) is 23.3 Å². The van der Waals surface area contributed by atoms with Crippen LogP contribution in [0.1, 0.15) is 6.92 Å². The minimum Gasteiger partial charge on any atom is -0.396 e. The van der Waals surface area contributed by atoms with E-state index >= 15 is 0 Å². The van der Waals surface area contributed by atoms with Crippen LogP contribution >= 0.6 is 15.9 Å². The molecule has 0 bridgehead atoms. The van der Waals surface area contributed by atoms with E-state index in [2.05, 4.69) is 38.1 Å². The zero-order chi connectivity index (χ0) is 11.4. The minimum atomic E-state index is 0.316. The van der Waals surface area contributed by atoms with Gasteiger partial charge in [-0.1, -0.05) is 0 Å². The van der Waals surface area contributed by atoms with Crippen LogP contribution in [0, 0.1) is 0 Å². The van der Waals surface area contributed by atoms with Crippen molar-refractivity contribution in [3.63, 3.8) is 0 Å². The van der Waals surface area contributed by atoms with Gasteiger partial charge in [-0.3, -0.25) is 0 Å². The van der Waals surface area contributed by atoms with E-state index in [0.29, 0.717) is 11.7 Å². The summed E-state index contributed by atoms with van der Waals surface area (Å²) in [6.07, 6.45) is 1.74. The van der Waals surface area contributed by atoms with Crippen molar-refractivity contribution in [3.8, 4) is 0 Å². The van der Waals surface area contributed by atoms with Crippen LogP contribution in [-0.4, -0.2) is 36.6 Å². The first-order valence-corrected chi connectivity index (χ1v) is 5.60. The quantitative estimate of drug-likeness (QED) is 0.878. The molecule has 1 heterocycles. The second-order valence-corrected chi connectivity index (χ2v) is 4.81. The Balaban J connectivity index is 2.64. The maximum absolute atomic E-state index is 5.83. The number of rotatable bonds is 4. The summed E-state index contributed by atoms with van der Waals surface area (Å²) in [5.41, 5.74) is 6.49. The molecule has 5 heteroatoms. The van der Waals surface area contributed by atoms with E-state index in [-0.39, 0.29) is 0 Å². The van der Waals surface area contributed by atoms with Crippen LogP contribution in [-0.2, 0) is 0 Å². The van der Waals surface area contributed by atoms with Crippen molar-refractivity contribution in [2.24, 2.45) is 0 Å². The van der Waals surface area contributed by atoms with Gasteiger partial charge in [0.05, 0.1) is 5.69 Å². The maximum atomic E-state index is 5.83. The van der Waals surface area contributed by atoms with Crippen molar-refractivity contribution in [1.82, 2.24) is 9.88 Å². The average Bonchev–Trinajstić information content (AvgIpc) is 2.08. The third-order valence-electron chi connectivity index (χ3n) is 1.91. The van der Waals surface area contributed by atoms with Crippen LogP contribution in [0.2, 0.25) is 0 Å². The monoisotopic (exact) mass is 272 g/mol. The van der Waals surface area contributed by atoms with Crippen LogP contribution in [0.4, 0.5) is 11.5 Å². The van der Waals surface area contributed by atoms with Gasteiger partial charge in [-0.05, 0) is 43.0 Å². The number of halogens is 1. The van der Waals surface area contributed by atoms with Gasteiger partial charge in [-0.2, -0.15) is 0 Å². The van der Waals surface area contributed by atoms with Crippen molar-refractivity contribution in [1.29, 1.82) is 0 Å². The number of aromatic nitrogens is 1. The highest BCUT2D eigenvalue weighted by atomic mass is 79.9. The predicted octanol–water partition coefficient (Wildman–Crippen LogP) is 1.79. The van der Waals surface area contributed by atoms with Gasteiger partial charge in [0.25, 0.3) is 0 Å². The van der Waals surface area contributed by atoms with Gasteiger partial charge in [0.2, 0.25) is 0 Å². The Bertz CT molecular complexity index is 327. The van der Waals surface area contributed by atoms with E-state index in [0.717, 1.165) is 16.8 Å². The van der Waals surface area contributed by atoms with Crippen molar-refractivity contribution in [2.45, 2.75) is 13.0 Å². The van der Waals surface area contributed by atoms with Gasteiger partial charge in [0.1, 0.15) is 5.82 Å². The number of hydrogen-bond acceptors (Lipinski definition) is 4. The van der Waals surface area contributed by atoms with Crippen molar-refractivity contribution >= 4 is 27.4 Å². The standard InChI is InChI=1S/C10H17BrN4/c1-7(6-15(2)3)14-10-9(12)4-8(11)5-13-10/h4-5,7H,6,12H2,1-3H3,(H,13,14). The highest BCUT2D eigenvalue weighted by Crippen LogP contribution is 2.20. The molecule has 1 rings (SSSR count). The Morgan fingerprint density at radius 2 is 2.27 bits per heavy atom. The molecule has 1 atom stereocenters. The number of anilines is 2. The summed E-state index contributed by atoms with van der Waals surface area (Å²) in [6.45, 7) is 3.04. The zero-order valence-electron chi connectivity index (χ0n) is 9.29. The number of pyridine rings is 1. The fourth-order valence-electron chi connectivity index (χ4n) is 1.40. The van der Waals surface area contributed by atoms with E-state index in [1.165, 1.54) is 0 Å². The Morgan fingerprint density at radius 3 is 2.80 bits per heavy atom. The molecule has 84 valence electrons. The molecule has 0 spiro atoms. The molecule has 0 fully saturated rings. The van der Waals surface area contributed by atoms with Crippen molar-refractivity contribution < 1.29 is 0 Å². The van der Waals surface area contributed by atoms with Gasteiger partial charge >= 0.3 is 0 Å². The SMILES string of the molecule is CC(CN(C)C)Nc1ncc(Br)cc1N. The molecule has 1 aromatic rings.